The maximum Gasteiger partial charge on any atom is 0.252 e. The van der Waals surface area contributed by atoms with Crippen molar-refractivity contribution < 1.29 is 9.32 Å². The largest absolute Gasteiger partial charge is 0.360 e. The number of hydrogen-bond acceptors (Lipinski definition) is 4. The maximum absolute atomic E-state index is 12.7. The van der Waals surface area contributed by atoms with Crippen LogP contribution in [0.15, 0.2) is 39.8 Å². The highest BCUT2D eigenvalue weighted by Gasteiger charge is 2.21. The van der Waals surface area contributed by atoms with E-state index in [1.807, 2.05) is 37.3 Å². The molecule has 128 valence electrons. The van der Waals surface area contributed by atoms with Crippen LogP contribution in [0, 0.1) is 12.8 Å². The van der Waals surface area contributed by atoms with Gasteiger partial charge < -0.3 is 9.84 Å². The van der Waals surface area contributed by atoms with E-state index in [-0.39, 0.29) is 5.91 Å². The van der Waals surface area contributed by atoms with E-state index in [0.717, 1.165) is 40.7 Å². The zero-order valence-electron chi connectivity index (χ0n) is 14.2. The van der Waals surface area contributed by atoms with Crippen molar-refractivity contribution in [2.45, 2.75) is 56.2 Å². The van der Waals surface area contributed by atoms with E-state index in [0.29, 0.717) is 11.8 Å². The van der Waals surface area contributed by atoms with Gasteiger partial charge in [0.15, 0.2) is 0 Å². The van der Waals surface area contributed by atoms with Crippen LogP contribution in [0.4, 0.5) is 0 Å². The highest BCUT2D eigenvalue weighted by atomic mass is 32.2. The second-order valence-electron chi connectivity index (χ2n) is 6.65. The summed E-state index contributed by atoms with van der Waals surface area (Å²) in [4.78, 5) is 13.7. The van der Waals surface area contributed by atoms with Gasteiger partial charge in [0.05, 0.1) is 17.0 Å². The molecule has 1 N–H and O–H groups in total. The van der Waals surface area contributed by atoms with Crippen molar-refractivity contribution in [3.63, 3.8) is 0 Å². The van der Waals surface area contributed by atoms with Gasteiger partial charge in [0.25, 0.3) is 5.91 Å². The third-order valence-corrected chi connectivity index (χ3v) is 5.63. The topological polar surface area (TPSA) is 55.1 Å². The molecule has 5 heteroatoms. The molecule has 0 unspecified atom stereocenters. The second-order valence-corrected chi connectivity index (χ2v) is 7.67. The summed E-state index contributed by atoms with van der Waals surface area (Å²) in [6, 6.07) is 10.0. The predicted molar refractivity (Wildman–Crippen MR) is 96.1 cm³/mol. The number of carbonyl (C=O) groups is 1. The highest BCUT2D eigenvalue weighted by Crippen LogP contribution is 2.28. The Kier molecular flexibility index (Phi) is 5.61. The Balaban J connectivity index is 1.63. The minimum atomic E-state index is 0.0337. The van der Waals surface area contributed by atoms with Gasteiger partial charge in [0.2, 0.25) is 0 Å². The van der Waals surface area contributed by atoms with E-state index in [2.05, 4.69) is 17.4 Å². The van der Waals surface area contributed by atoms with Gasteiger partial charge in [-0.1, -0.05) is 24.2 Å². The summed E-state index contributed by atoms with van der Waals surface area (Å²) in [6.45, 7) is 4.19. The number of carbonyl (C=O) groups excluding carboxylic acids is 1. The number of hydrogen-bond donors (Lipinski definition) is 1. The normalized spacial score (nSPS) is 20.8. The summed E-state index contributed by atoms with van der Waals surface area (Å²) < 4.78 is 5.25. The van der Waals surface area contributed by atoms with E-state index in [9.17, 15) is 4.79 Å². The van der Waals surface area contributed by atoms with Crippen LogP contribution in [0.25, 0.3) is 0 Å². The van der Waals surface area contributed by atoms with Gasteiger partial charge >= 0.3 is 0 Å². The fourth-order valence-corrected chi connectivity index (χ4v) is 4.01. The van der Waals surface area contributed by atoms with Gasteiger partial charge in [-0.3, -0.25) is 4.79 Å². The zero-order valence-corrected chi connectivity index (χ0v) is 15.1. The summed E-state index contributed by atoms with van der Waals surface area (Å²) >= 11 is 1.61. The molecule has 0 spiro atoms. The van der Waals surface area contributed by atoms with Crippen molar-refractivity contribution in [3.05, 3.63) is 47.3 Å². The molecular formula is C19H24N2O2S. The molecule has 0 saturated heterocycles. The molecule has 2 aromatic rings. The van der Waals surface area contributed by atoms with E-state index in [1.54, 1.807) is 11.8 Å². The number of aryl methyl sites for hydroxylation is 1. The van der Waals surface area contributed by atoms with E-state index < -0.39 is 0 Å². The number of rotatable bonds is 5. The van der Waals surface area contributed by atoms with Crippen molar-refractivity contribution in [2.24, 2.45) is 5.92 Å². The Morgan fingerprint density at radius 2 is 2.04 bits per heavy atom. The molecule has 1 aromatic heterocycles. The highest BCUT2D eigenvalue weighted by molar-refractivity contribution is 7.98. The van der Waals surface area contributed by atoms with Gasteiger partial charge in [-0.05, 0) is 50.7 Å². The molecular weight excluding hydrogens is 320 g/mol. The summed E-state index contributed by atoms with van der Waals surface area (Å²) in [5.41, 5.74) is 1.63. The monoisotopic (exact) mass is 344 g/mol. The van der Waals surface area contributed by atoms with Crippen LogP contribution in [0.1, 0.15) is 54.4 Å². The first-order valence-electron chi connectivity index (χ1n) is 8.56. The van der Waals surface area contributed by atoms with Crippen molar-refractivity contribution in [2.75, 3.05) is 0 Å². The first kappa shape index (κ1) is 17.1. The number of benzene rings is 1. The molecule has 1 aromatic carbocycles. The Bertz CT molecular complexity index is 690. The fourth-order valence-electron chi connectivity index (χ4n) is 3.08. The van der Waals surface area contributed by atoms with Gasteiger partial charge in [-0.25, -0.2) is 0 Å². The lowest BCUT2D eigenvalue weighted by molar-refractivity contribution is 0.0920. The van der Waals surface area contributed by atoms with Crippen LogP contribution in [0.5, 0.6) is 0 Å². The SMILES string of the molecule is Cc1cc(CSc2ccccc2C(=O)NC2CCC(C)CC2)on1. The number of thioether (sulfide) groups is 1. The van der Waals surface area contributed by atoms with Crippen LogP contribution >= 0.6 is 11.8 Å². The van der Waals surface area contributed by atoms with Gasteiger partial charge in [0.1, 0.15) is 5.76 Å². The first-order valence-corrected chi connectivity index (χ1v) is 9.55. The molecule has 3 rings (SSSR count). The standard InChI is InChI=1S/C19H24N2O2S/c1-13-7-9-15(10-8-13)20-19(22)17-5-3-4-6-18(17)24-12-16-11-14(2)21-23-16/h3-6,11,13,15H,7-10,12H2,1-2H3,(H,20,22). The van der Waals surface area contributed by atoms with E-state index in [4.69, 9.17) is 4.52 Å². The van der Waals surface area contributed by atoms with Crippen LogP contribution in [-0.4, -0.2) is 17.1 Å². The summed E-state index contributed by atoms with van der Waals surface area (Å²) in [7, 11) is 0. The summed E-state index contributed by atoms with van der Waals surface area (Å²) in [5, 5.41) is 7.11. The molecule has 1 aliphatic carbocycles. The zero-order chi connectivity index (χ0) is 16.9. The molecule has 1 amide bonds. The molecule has 0 radical (unpaired) electrons. The van der Waals surface area contributed by atoms with Crippen molar-refractivity contribution >= 4 is 17.7 Å². The Labute approximate surface area is 147 Å². The lowest BCUT2D eigenvalue weighted by Crippen LogP contribution is -2.37. The molecule has 4 nitrogen and oxygen atoms in total. The summed E-state index contributed by atoms with van der Waals surface area (Å²) in [5.74, 6) is 2.32. The maximum atomic E-state index is 12.7. The Hall–Kier alpha value is -1.75. The molecule has 1 saturated carbocycles. The van der Waals surface area contributed by atoms with Crippen LogP contribution < -0.4 is 5.32 Å². The van der Waals surface area contributed by atoms with E-state index >= 15 is 0 Å². The lowest BCUT2D eigenvalue weighted by Gasteiger charge is -2.27. The third kappa shape index (κ3) is 4.41. The molecule has 0 bridgehead atoms. The second kappa shape index (κ2) is 7.88. The molecule has 1 heterocycles. The Morgan fingerprint density at radius 1 is 1.29 bits per heavy atom. The minimum Gasteiger partial charge on any atom is -0.360 e. The Morgan fingerprint density at radius 3 is 2.75 bits per heavy atom. The fraction of sp³-hybridized carbons (Fsp3) is 0.474. The molecule has 0 atom stereocenters. The van der Waals surface area contributed by atoms with Crippen molar-refractivity contribution in [1.82, 2.24) is 10.5 Å². The number of nitrogens with zero attached hydrogens (tertiary/aromatic N) is 1. The molecule has 24 heavy (non-hydrogen) atoms. The smallest absolute Gasteiger partial charge is 0.252 e. The van der Waals surface area contributed by atoms with Crippen LogP contribution in [0.2, 0.25) is 0 Å². The number of nitrogens with one attached hydrogen (secondary N) is 1. The van der Waals surface area contributed by atoms with Crippen LogP contribution in [-0.2, 0) is 5.75 Å². The van der Waals surface area contributed by atoms with E-state index in [1.165, 1.54) is 12.8 Å². The van der Waals surface area contributed by atoms with Gasteiger partial charge in [-0.2, -0.15) is 0 Å². The number of amides is 1. The van der Waals surface area contributed by atoms with Crippen molar-refractivity contribution in [3.8, 4) is 0 Å². The molecule has 1 aliphatic rings. The van der Waals surface area contributed by atoms with Gasteiger partial charge in [0, 0.05) is 17.0 Å². The van der Waals surface area contributed by atoms with Gasteiger partial charge in [-0.15, -0.1) is 11.8 Å². The quantitative estimate of drug-likeness (QED) is 0.806. The van der Waals surface area contributed by atoms with Crippen molar-refractivity contribution in [1.29, 1.82) is 0 Å². The average molecular weight is 344 g/mol. The first-order chi connectivity index (χ1) is 11.6. The number of aromatic nitrogens is 1. The third-order valence-electron chi connectivity index (χ3n) is 4.53. The average Bonchev–Trinajstić information content (AvgIpc) is 3.01. The minimum absolute atomic E-state index is 0.0337. The summed E-state index contributed by atoms with van der Waals surface area (Å²) in [6.07, 6.45) is 4.57. The lowest BCUT2D eigenvalue weighted by atomic mass is 9.87. The molecule has 1 fully saturated rings. The van der Waals surface area contributed by atoms with Crippen LogP contribution in [0.3, 0.4) is 0 Å². The molecule has 0 aliphatic heterocycles. The predicted octanol–water partition coefficient (Wildman–Crippen LogP) is 4.58.